The van der Waals surface area contributed by atoms with Crippen LogP contribution in [0.3, 0.4) is 0 Å². The van der Waals surface area contributed by atoms with Gasteiger partial charge < -0.3 is 20.5 Å². The molecule has 0 spiro atoms. The number of urea groups is 1. The summed E-state index contributed by atoms with van der Waals surface area (Å²) in [6.45, 7) is 5.06. The molecule has 112 valence electrons. The van der Waals surface area contributed by atoms with E-state index < -0.39 is 0 Å². The van der Waals surface area contributed by atoms with Gasteiger partial charge in [-0.25, -0.2) is 4.79 Å². The first-order chi connectivity index (χ1) is 9.63. The Balaban J connectivity index is 2.10. The maximum atomic E-state index is 11.5. The number of carbonyl (C=O) groups excluding carboxylic acids is 1. The van der Waals surface area contributed by atoms with Gasteiger partial charge in [0.05, 0.1) is 6.61 Å². The number of hydrogen-bond acceptors (Lipinski definition) is 3. The Hall–Kier alpha value is -1.75. The van der Waals surface area contributed by atoms with Crippen molar-refractivity contribution in [2.24, 2.45) is 0 Å². The lowest BCUT2D eigenvalue weighted by Gasteiger charge is -2.13. The van der Waals surface area contributed by atoms with Crippen LogP contribution >= 0.6 is 0 Å². The molecule has 1 aromatic carbocycles. The number of para-hydroxylation sites is 1. The minimum Gasteiger partial charge on any atom is -0.493 e. The summed E-state index contributed by atoms with van der Waals surface area (Å²) in [5, 5.41) is 14.2. The summed E-state index contributed by atoms with van der Waals surface area (Å²) in [5.74, 6) is 0.883. The molecule has 1 atom stereocenters. The van der Waals surface area contributed by atoms with E-state index in [1.54, 1.807) is 0 Å². The van der Waals surface area contributed by atoms with Gasteiger partial charge in [-0.05, 0) is 38.3 Å². The Morgan fingerprint density at radius 3 is 2.85 bits per heavy atom. The first kappa shape index (κ1) is 16.3. The number of aryl methyl sites for hydroxylation is 1. The van der Waals surface area contributed by atoms with Gasteiger partial charge in [-0.15, -0.1) is 0 Å². The van der Waals surface area contributed by atoms with E-state index in [1.807, 2.05) is 38.1 Å². The first-order valence-electron chi connectivity index (χ1n) is 6.97. The van der Waals surface area contributed by atoms with Gasteiger partial charge >= 0.3 is 6.03 Å². The van der Waals surface area contributed by atoms with Crippen LogP contribution in [-0.4, -0.2) is 36.9 Å². The van der Waals surface area contributed by atoms with Crippen molar-refractivity contribution in [1.29, 1.82) is 0 Å². The zero-order valence-electron chi connectivity index (χ0n) is 12.2. The van der Waals surface area contributed by atoms with E-state index in [0.717, 1.165) is 17.7 Å². The topological polar surface area (TPSA) is 70.6 Å². The number of benzene rings is 1. The minimum absolute atomic E-state index is 0.0248. The molecule has 5 heteroatoms. The molecule has 3 N–H and O–H groups in total. The molecule has 0 unspecified atom stereocenters. The fourth-order valence-corrected chi connectivity index (χ4v) is 1.72. The predicted molar refractivity (Wildman–Crippen MR) is 79.0 cm³/mol. The standard InChI is InChI=1S/C15H24N2O3/c1-12-6-3-4-7-14(12)20-11-5-9-16-15(19)17-13(2)8-10-18/h3-4,6-7,13,18H,5,8-11H2,1-2H3,(H2,16,17,19)/t13-/m1/s1. The second-order valence-corrected chi connectivity index (χ2v) is 4.78. The number of nitrogens with one attached hydrogen (secondary N) is 2. The highest BCUT2D eigenvalue weighted by atomic mass is 16.5. The van der Waals surface area contributed by atoms with Crippen LogP contribution in [0.2, 0.25) is 0 Å². The molecule has 5 nitrogen and oxygen atoms in total. The van der Waals surface area contributed by atoms with Crippen molar-refractivity contribution in [2.45, 2.75) is 32.7 Å². The van der Waals surface area contributed by atoms with Crippen LogP contribution in [0.1, 0.15) is 25.3 Å². The lowest BCUT2D eigenvalue weighted by Crippen LogP contribution is -2.41. The smallest absolute Gasteiger partial charge is 0.314 e. The van der Waals surface area contributed by atoms with E-state index >= 15 is 0 Å². The van der Waals surface area contributed by atoms with Gasteiger partial charge in [-0.1, -0.05) is 18.2 Å². The quantitative estimate of drug-likeness (QED) is 0.636. The Morgan fingerprint density at radius 2 is 2.15 bits per heavy atom. The molecule has 0 saturated carbocycles. The van der Waals surface area contributed by atoms with Crippen molar-refractivity contribution in [3.05, 3.63) is 29.8 Å². The molecule has 2 amide bonds. The second kappa shape index (κ2) is 9.20. The summed E-state index contributed by atoms with van der Waals surface area (Å²) in [7, 11) is 0. The molecule has 0 saturated heterocycles. The van der Waals surface area contributed by atoms with Crippen LogP contribution in [0.4, 0.5) is 4.79 Å². The number of aliphatic hydroxyl groups is 1. The fraction of sp³-hybridized carbons (Fsp3) is 0.533. The average Bonchev–Trinajstić information content (AvgIpc) is 2.40. The molecular formula is C15H24N2O3. The van der Waals surface area contributed by atoms with E-state index in [2.05, 4.69) is 10.6 Å². The number of hydrogen-bond donors (Lipinski definition) is 3. The summed E-state index contributed by atoms with van der Waals surface area (Å²) >= 11 is 0. The molecule has 0 aromatic heterocycles. The van der Waals surface area contributed by atoms with Gasteiger partial charge in [-0.3, -0.25) is 0 Å². The number of carbonyl (C=O) groups is 1. The van der Waals surface area contributed by atoms with Crippen molar-refractivity contribution in [1.82, 2.24) is 10.6 Å². The molecule has 0 aliphatic rings. The second-order valence-electron chi connectivity index (χ2n) is 4.78. The third-order valence-electron chi connectivity index (χ3n) is 2.90. The third-order valence-corrected chi connectivity index (χ3v) is 2.90. The van der Waals surface area contributed by atoms with Crippen LogP contribution in [0.25, 0.3) is 0 Å². The largest absolute Gasteiger partial charge is 0.493 e. The Kier molecular flexibility index (Phi) is 7.50. The van der Waals surface area contributed by atoms with Gasteiger partial charge in [0.1, 0.15) is 5.75 Å². The van der Waals surface area contributed by atoms with E-state index in [-0.39, 0.29) is 18.7 Å². The molecule has 0 bridgehead atoms. The van der Waals surface area contributed by atoms with E-state index in [9.17, 15) is 4.79 Å². The fourth-order valence-electron chi connectivity index (χ4n) is 1.72. The zero-order valence-corrected chi connectivity index (χ0v) is 12.2. The molecule has 1 aromatic rings. The monoisotopic (exact) mass is 280 g/mol. The maximum absolute atomic E-state index is 11.5. The highest BCUT2D eigenvalue weighted by Gasteiger charge is 2.05. The number of amides is 2. The van der Waals surface area contributed by atoms with Gasteiger partial charge in [0.2, 0.25) is 0 Å². The number of aliphatic hydroxyl groups excluding tert-OH is 1. The lowest BCUT2D eigenvalue weighted by molar-refractivity contribution is 0.229. The van der Waals surface area contributed by atoms with Crippen molar-refractivity contribution in [3.63, 3.8) is 0 Å². The minimum atomic E-state index is -0.207. The third kappa shape index (κ3) is 6.43. The Bertz CT molecular complexity index is 410. The molecule has 0 aliphatic carbocycles. The van der Waals surface area contributed by atoms with Crippen molar-refractivity contribution < 1.29 is 14.6 Å². The highest BCUT2D eigenvalue weighted by molar-refractivity contribution is 5.74. The predicted octanol–water partition coefficient (Wildman–Crippen LogP) is 1.83. The molecule has 20 heavy (non-hydrogen) atoms. The van der Waals surface area contributed by atoms with E-state index in [0.29, 0.717) is 19.6 Å². The molecule has 0 radical (unpaired) electrons. The molecule has 0 aliphatic heterocycles. The SMILES string of the molecule is Cc1ccccc1OCCCNC(=O)N[C@H](C)CCO. The summed E-state index contributed by atoms with van der Waals surface area (Å²) < 4.78 is 5.63. The van der Waals surface area contributed by atoms with Crippen molar-refractivity contribution in [3.8, 4) is 5.75 Å². The van der Waals surface area contributed by atoms with Crippen LogP contribution in [0.15, 0.2) is 24.3 Å². The number of rotatable bonds is 8. The van der Waals surface area contributed by atoms with Crippen molar-refractivity contribution >= 4 is 6.03 Å². The van der Waals surface area contributed by atoms with Gasteiger partial charge in [0.25, 0.3) is 0 Å². The maximum Gasteiger partial charge on any atom is 0.314 e. The number of ether oxygens (including phenoxy) is 1. The van der Waals surface area contributed by atoms with Gasteiger partial charge in [0.15, 0.2) is 0 Å². The van der Waals surface area contributed by atoms with Gasteiger partial charge in [0, 0.05) is 19.2 Å². The summed E-state index contributed by atoms with van der Waals surface area (Å²) in [4.78, 5) is 11.5. The lowest BCUT2D eigenvalue weighted by atomic mass is 10.2. The molecule has 0 heterocycles. The zero-order chi connectivity index (χ0) is 14.8. The summed E-state index contributed by atoms with van der Waals surface area (Å²) in [6, 6.07) is 7.62. The molecular weight excluding hydrogens is 256 g/mol. The Morgan fingerprint density at radius 1 is 1.40 bits per heavy atom. The first-order valence-corrected chi connectivity index (χ1v) is 6.97. The normalized spacial score (nSPS) is 11.8. The van der Waals surface area contributed by atoms with Crippen molar-refractivity contribution in [2.75, 3.05) is 19.8 Å². The van der Waals surface area contributed by atoms with E-state index in [1.165, 1.54) is 0 Å². The highest BCUT2D eigenvalue weighted by Crippen LogP contribution is 2.15. The average molecular weight is 280 g/mol. The summed E-state index contributed by atoms with van der Waals surface area (Å²) in [5.41, 5.74) is 1.11. The van der Waals surface area contributed by atoms with Crippen LogP contribution in [0, 0.1) is 6.92 Å². The van der Waals surface area contributed by atoms with Gasteiger partial charge in [-0.2, -0.15) is 0 Å². The Labute approximate surface area is 120 Å². The molecule has 0 fully saturated rings. The molecule has 1 rings (SSSR count). The van der Waals surface area contributed by atoms with Crippen LogP contribution in [-0.2, 0) is 0 Å². The van der Waals surface area contributed by atoms with Crippen LogP contribution < -0.4 is 15.4 Å². The van der Waals surface area contributed by atoms with Crippen LogP contribution in [0.5, 0.6) is 5.75 Å². The summed E-state index contributed by atoms with van der Waals surface area (Å²) in [6.07, 6.45) is 1.31. The van der Waals surface area contributed by atoms with E-state index in [4.69, 9.17) is 9.84 Å².